The first-order chi connectivity index (χ1) is 15.1. The highest BCUT2D eigenvalue weighted by molar-refractivity contribution is 6.33. The maximum Gasteiger partial charge on any atom is 0.304 e. The number of benzene rings is 1. The van der Waals surface area contributed by atoms with Crippen molar-refractivity contribution in [3.05, 3.63) is 35.4 Å². The van der Waals surface area contributed by atoms with Crippen LogP contribution >= 0.6 is 11.6 Å². The molecule has 5 rings (SSSR count). The minimum absolute atomic E-state index is 0.261. The van der Waals surface area contributed by atoms with E-state index in [4.69, 9.17) is 25.9 Å². The third-order valence-corrected chi connectivity index (χ3v) is 5.41. The number of ether oxygens (including phenoxy) is 2. The molecule has 11 heteroatoms. The smallest absolute Gasteiger partial charge is 0.304 e. The van der Waals surface area contributed by atoms with E-state index in [-0.39, 0.29) is 6.01 Å². The van der Waals surface area contributed by atoms with Gasteiger partial charge in [-0.1, -0.05) is 28.9 Å². The number of fused-ring (bicyclic) bond motifs is 1. The van der Waals surface area contributed by atoms with Crippen LogP contribution in [0.15, 0.2) is 35.5 Å². The molecular formula is C20H21ClN6O4. The van der Waals surface area contributed by atoms with Crippen molar-refractivity contribution in [3.63, 3.8) is 0 Å². The number of aromatic nitrogens is 3. The van der Waals surface area contributed by atoms with E-state index < -0.39 is 12.5 Å². The van der Waals surface area contributed by atoms with Crippen molar-refractivity contribution in [1.82, 2.24) is 20.3 Å². The van der Waals surface area contributed by atoms with Gasteiger partial charge in [0.1, 0.15) is 0 Å². The van der Waals surface area contributed by atoms with Gasteiger partial charge in [0.15, 0.2) is 17.6 Å². The first kappa shape index (κ1) is 19.9. The maximum atomic E-state index is 9.33. The molecule has 0 aliphatic carbocycles. The van der Waals surface area contributed by atoms with E-state index >= 15 is 0 Å². The first-order valence-corrected chi connectivity index (χ1v) is 10.3. The number of halogens is 1. The molecule has 1 aromatic carbocycles. The van der Waals surface area contributed by atoms with Crippen LogP contribution in [0.25, 0.3) is 22.4 Å². The SMILES string of the molecule is CC(Oc1nc2nc(-c3ccc(N4CCOCC4)cc3)c(Cl)cc2[nH]1)C1=NOC(O)N1. The summed E-state index contributed by atoms with van der Waals surface area (Å²) in [6, 6.07) is 10.2. The number of aliphatic hydroxyl groups is 1. The number of hydrogen-bond acceptors (Lipinski definition) is 9. The molecule has 0 radical (unpaired) electrons. The lowest BCUT2D eigenvalue weighted by Crippen LogP contribution is -2.38. The Labute approximate surface area is 182 Å². The highest BCUT2D eigenvalue weighted by atomic mass is 35.5. The fourth-order valence-electron chi connectivity index (χ4n) is 3.51. The lowest BCUT2D eigenvalue weighted by molar-refractivity contribution is -0.0896. The number of aromatic amines is 1. The monoisotopic (exact) mass is 444 g/mol. The molecule has 2 atom stereocenters. The van der Waals surface area contributed by atoms with Gasteiger partial charge in [-0.15, -0.1) is 0 Å². The van der Waals surface area contributed by atoms with E-state index in [2.05, 4.69) is 42.5 Å². The standard InChI is InChI=1S/C20H21ClN6O4/c1-11(17-25-20(28)31-26-17)30-19-22-15-10-14(21)16(23-18(15)24-19)12-2-4-13(5-3-12)27-6-8-29-9-7-27/h2-5,10-11,20,28H,6-9H2,1H3,(H,25,26)(H,22,23,24). The Balaban J connectivity index is 1.36. The highest BCUT2D eigenvalue weighted by Crippen LogP contribution is 2.31. The average Bonchev–Trinajstić information content (AvgIpc) is 3.39. The molecule has 31 heavy (non-hydrogen) atoms. The summed E-state index contributed by atoms with van der Waals surface area (Å²) in [4.78, 5) is 19.1. The van der Waals surface area contributed by atoms with Crippen LogP contribution in [0.5, 0.6) is 6.01 Å². The van der Waals surface area contributed by atoms with Gasteiger partial charge >= 0.3 is 6.41 Å². The second-order valence-electron chi connectivity index (χ2n) is 7.22. The van der Waals surface area contributed by atoms with Crippen molar-refractivity contribution in [1.29, 1.82) is 0 Å². The van der Waals surface area contributed by atoms with Crippen LogP contribution in [0.4, 0.5) is 5.69 Å². The Morgan fingerprint density at radius 2 is 2.00 bits per heavy atom. The van der Waals surface area contributed by atoms with Gasteiger partial charge in [-0.2, -0.15) is 4.98 Å². The van der Waals surface area contributed by atoms with Crippen LogP contribution in [0, 0.1) is 0 Å². The zero-order valence-corrected chi connectivity index (χ0v) is 17.5. The molecule has 2 aromatic heterocycles. The zero-order chi connectivity index (χ0) is 21.4. The van der Waals surface area contributed by atoms with Crippen molar-refractivity contribution in [3.8, 4) is 17.3 Å². The van der Waals surface area contributed by atoms with E-state index in [0.717, 1.165) is 37.6 Å². The molecule has 2 aliphatic heterocycles. The minimum Gasteiger partial charge on any atom is -0.453 e. The number of oxime groups is 1. The number of nitrogens with zero attached hydrogens (tertiary/aromatic N) is 4. The van der Waals surface area contributed by atoms with Crippen molar-refractivity contribution >= 4 is 34.3 Å². The van der Waals surface area contributed by atoms with Gasteiger partial charge in [-0.25, -0.2) is 4.98 Å². The molecular weight excluding hydrogens is 424 g/mol. The number of imidazole rings is 1. The lowest BCUT2D eigenvalue weighted by Gasteiger charge is -2.28. The van der Waals surface area contributed by atoms with Crippen LogP contribution in [0.3, 0.4) is 0 Å². The Hall–Kier alpha value is -3.08. The Morgan fingerprint density at radius 3 is 2.71 bits per heavy atom. The van der Waals surface area contributed by atoms with E-state index in [0.29, 0.717) is 27.7 Å². The molecule has 0 spiro atoms. The number of nitrogens with one attached hydrogen (secondary N) is 2. The number of H-pyrrole nitrogens is 1. The molecule has 162 valence electrons. The van der Waals surface area contributed by atoms with E-state index in [9.17, 15) is 5.11 Å². The summed E-state index contributed by atoms with van der Waals surface area (Å²) in [5, 5.41) is 16.2. The molecule has 3 aromatic rings. The van der Waals surface area contributed by atoms with Gasteiger partial charge in [-0.05, 0) is 25.1 Å². The molecule has 4 heterocycles. The molecule has 0 bridgehead atoms. The van der Waals surface area contributed by atoms with E-state index in [1.54, 1.807) is 13.0 Å². The predicted octanol–water partition coefficient (Wildman–Crippen LogP) is 2.09. The van der Waals surface area contributed by atoms with Gasteiger partial charge in [-0.3, -0.25) is 0 Å². The van der Waals surface area contributed by atoms with Crippen molar-refractivity contribution in [2.24, 2.45) is 5.16 Å². The molecule has 10 nitrogen and oxygen atoms in total. The fraction of sp³-hybridized carbons (Fsp3) is 0.350. The van der Waals surface area contributed by atoms with Crippen molar-refractivity contribution in [2.45, 2.75) is 19.4 Å². The third-order valence-electron chi connectivity index (χ3n) is 5.12. The number of amidine groups is 1. The van der Waals surface area contributed by atoms with Crippen LogP contribution in [-0.4, -0.2) is 64.7 Å². The number of pyridine rings is 1. The van der Waals surface area contributed by atoms with Crippen LogP contribution < -0.4 is 15.0 Å². The lowest BCUT2D eigenvalue weighted by atomic mass is 10.1. The normalized spacial score (nSPS) is 19.6. The molecule has 1 saturated heterocycles. The number of anilines is 1. The quantitative estimate of drug-likeness (QED) is 0.547. The van der Waals surface area contributed by atoms with Gasteiger partial charge in [0.2, 0.25) is 0 Å². The molecule has 0 saturated carbocycles. The Kier molecular flexibility index (Phi) is 5.26. The molecule has 1 fully saturated rings. The highest BCUT2D eigenvalue weighted by Gasteiger charge is 2.24. The Bertz CT molecular complexity index is 1110. The fourth-order valence-corrected chi connectivity index (χ4v) is 3.77. The third kappa shape index (κ3) is 4.09. The summed E-state index contributed by atoms with van der Waals surface area (Å²) < 4.78 is 11.2. The van der Waals surface area contributed by atoms with Crippen molar-refractivity contribution in [2.75, 3.05) is 31.2 Å². The van der Waals surface area contributed by atoms with Gasteiger partial charge < -0.3 is 34.6 Å². The average molecular weight is 445 g/mol. The Morgan fingerprint density at radius 1 is 1.23 bits per heavy atom. The molecule has 3 N–H and O–H groups in total. The summed E-state index contributed by atoms with van der Waals surface area (Å²) >= 11 is 6.51. The minimum atomic E-state index is -1.17. The predicted molar refractivity (Wildman–Crippen MR) is 115 cm³/mol. The topological polar surface area (TPSA) is 117 Å². The second-order valence-corrected chi connectivity index (χ2v) is 7.62. The molecule has 2 unspecified atom stereocenters. The van der Waals surface area contributed by atoms with Crippen molar-refractivity contribution < 1.29 is 19.4 Å². The van der Waals surface area contributed by atoms with Gasteiger partial charge in [0.25, 0.3) is 6.01 Å². The number of hydrogen-bond donors (Lipinski definition) is 3. The van der Waals surface area contributed by atoms with Crippen LogP contribution in [-0.2, 0) is 9.57 Å². The van der Waals surface area contributed by atoms with Gasteiger partial charge in [0.05, 0.1) is 29.4 Å². The zero-order valence-electron chi connectivity index (χ0n) is 16.7. The summed E-state index contributed by atoms with van der Waals surface area (Å²) in [6.07, 6.45) is -1.69. The van der Waals surface area contributed by atoms with Crippen LogP contribution in [0.2, 0.25) is 5.02 Å². The number of morpholine rings is 1. The summed E-state index contributed by atoms with van der Waals surface area (Å²) in [6.45, 7) is 5.00. The molecule has 2 aliphatic rings. The van der Waals surface area contributed by atoms with E-state index in [1.165, 1.54) is 0 Å². The summed E-state index contributed by atoms with van der Waals surface area (Å²) in [5.74, 6) is 0.361. The van der Waals surface area contributed by atoms with E-state index in [1.807, 2.05) is 12.1 Å². The largest absolute Gasteiger partial charge is 0.453 e. The molecule has 0 amide bonds. The number of rotatable bonds is 5. The van der Waals surface area contributed by atoms with Crippen LogP contribution in [0.1, 0.15) is 6.92 Å². The number of aliphatic hydroxyl groups excluding tert-OH is 1. The van der Waals surface area contributed by atoms with Gasteiger partial charge in [0, 0.05) is 24.3 Å². The summed E-state index contributed by atoms with van der Waals surface area (Å²) in [7, 11) is 0. The first-order valence-electron chi connectivity index (χ1n) is 9.91. The maximum absolute atomic E-state index is 9.33. The second kappa shape index (κ2) is 8.22. The summed E-state index contributed by atoms with van der Waals surface area (Å²) in [5.41, 5.74) is 3.83.